The van der Waals surface area contributed by atoms with Gasteiger partial charge in [-0.2, -0.15) is 0 Å². The monoisotopic (exact) mass is 248 g/mol. The van der Waals surface area contributed by atoms with E-state index < -0.39 is 10.1 Å². The van der Waals surface area contributed by atoms with Crippen LogP contribution in [0.5, 0.6) is 0 Å². The Labute approximate surface area is 116 Å². The Bertz CT molecular complexity index is 575. The van der Waals surface area contributed by atoms with Crippen LogP contribution in [-0.2, 0) is 10.1 Å². The van der Waals surface area contributed by atoms with Crippen molar-refractivity contribution in [1.82, 2.24) is 0 Å². The predicted molar refractivity (Wildman–Crippen MR) is 55.5 cm³/mol. The van der Waals surface area contributed by atoms with Gasteiger partial charge < -0.3 is 10.0 Å². The summed E-state index contributed by atoms with van der Waals surface area (Å²) in [7, 11) is -4.38. The summed E-state index contributed by atoms with van der Waals surface area (Å²) in [4.78, 5) is -0.157. The van der Waals surface area contributed by atoms with Crippen LogP contribution in [0.1, 0.15) is 0 Å². The van der Waals surface area contributed by atoms with Gasteiger partial charge in [0, 0.05) is 0 Å². The first-order chi connectivity index (χ1) is 6.59. The molecule has 0 atom stereocenters. The van der Waals surface area contributed by atoms with Crippen LogP contribution in [0.3, 0.4) is 0 Å². The van der Waals surface area contributed by atoms with Gasteiger partial charge >= 0.3 is 29.6 Å². The van der Waals surface area contributed by atoms with Gasteiger partial charge in [0.1, 0.15) is 10.1 Å². The van der Waals surface area contributed by atoms with Crippen LogP contribution in [0.2, 0.25) is 0 Å². The third-order valence-electron chi connectivity index (χ3n) is 2.02. The van der Waals surface area contributed by atoms with Crippen molar-refractivity contribution >= 4 is 20.9 Å². The molecule has 16 heavy (non-hydrogen) atoms. The standard InChI is InChI=1S/C10H8O3S.Na.H2O/c11-14(12,13)10-7-3-5-8-4-1-2-6-9(8)10;;/h1-7H,(H,11,12,13);;1H2/q;+1;/p-1. The molecule has 0 aliphatic rings. The summed E-state index contributed by atoms with van der Waals surface area (Å²) in [6.45, 7) is 0. The van der Waals surface area contributed by atoms with E-state index in [4.69, 9.17) is 0 Å². The van der Waals surface area contributed by atoms with E-state index in [9.17, 15) is 13.0 Å². The fourth-order valence-corrected chi connectivity index (χ4v) is 2.11. The minimum Gasteiger partial charge on any atom is -0.744 e. The fraction of sp³-hybridized carbons (Fsp3) is 0. The SMILES string of the molecule is O.O=S(=O)([O-])c1cccc2ccccc12.[Na+]. The van der Waals surface area contributed by atoms with Crippen LogP contribution in [0.25, 0.3) is 10.8 Å². The molecule has 0 spiro atoms. The van der Waals surface area contributed by atoms with Gasteiger partial charge in [0.25, 0.3) is 0 Å². The Kier molecular flexibility index (Phi) is 5.61. The van der Waals surface area contributed by atoms with E-state index >= 15 is 0 Å². The molecule has 0 saturated carbocycles. The van der Waals surface area contributed by atoms with Crippen LogP contribution < -0.4 is 29.6 Å². The van der Waals surface area contributed by atoms with Gasteiger partial charge in [-0.3, -0.25) is 0 Å². The molecule has 0 saturated heterocycles. The number of fused-ring (bicyclic) bond motifs is 1. The molecular weight excluding hydrogens is 239 g/mol. The first-order valence-electron chi connectivity index (χ1n) is 4.03. The second kappa shape index (κ2) is 5.77. The maximum atomic E-state index is 10.9. The molecule has 0 aliphatic carbocycles. The number of rotatable bonds is 1. The molecule has 0 amide bonds. The molecule has 0 unspecified atom stereocenters. The summed E-state index contributed by atoms with van der Waals surface area (Å²) in [5, 5.41) is 1.23. The van der Waals surface area contributed by atoms with Gasteiger partial charge in [-0.05, 0) is 16.8 Å². The number of hydrogen-bond acceptors (Lipinski definition) is 3. The van der Waals surface area contributed by atoms with Crippen molar-refractivity contribution in [3.05, 3.63) is 42.5 Å². The van der Waals surface area contributed by atoms with Crippen molar-refractivity contribution in [3.8, 4) is 0 Å². The van der Waals surface area contributed by atoms with E-state index in [0.717, 1.165) is 5.39 Å². The first-order valence-corrected chi connectivity index (χ1v) is 5.43. The molecule has 80 valence electrons. The molecule has 2 rings (SSSR count). The third-order valence-corrected chi connectivity index (χ3v) is 2.91. The minimum absolute atomic E-state index is 0. The maximum Gasteiger partial charge on any atom is 1.00 e. The smallest absolute Gasteiger partial charge is 0.744 e. The molecule has 0 radical (unpaired) electrons. The summed E-state index contributed by atoms with van der Waals surface area (Å²) < 4.78 is 32.7. The summed E-state index contributed by atoms with van der Waals surface area (Å²) >= 11 is 0. The third kappa shape index (κ3) is 3.04. The number of benzene rings is 2. The van der Waals surface area contributed by atoms with E-state index in [0.29, 0.717) is 5.39 Å². The number of hydrogen-bond donors (Lipinski definition) is 0. The summed E-state index contributed by atoms with van der Waals surface area (Å²) in [5.74, 6) is 0. The van der Waals surface area contributed by atoms with Gasteiger partial charge in [-0.15, -0.1) is 0 Å². The van der Waals surface area contributed by atoms with Gasteiger partial charge in [-0.25, -0.2) is 8.42 Å². The van der Waals surface area contributed by atoms with Crippen molar-refractivity contribution in [3.63, 3.8) is 0 Å². The van der Waals surface area contributed by atoms with Crippen LogP contribution in [0, 0.1) is 0 Å². The van der Waals surface area contributed by atoms with Gasteiger partial charge in [0.05, 0.1) is 4.90 Å². The molecule has 2 N–H and O–H groups in total. The molecule has 0 heterocycles. The van der Waals surface area contributed by atoms with Crippen LogP contribution in [0.4, 0.5) is 0 Å². The summed E-state index contributed by atoms with van der Waals surface area (Å²) in [6, 6.07) is 11.5. The van der Waals surface area contributed by atoms with Crippen molar-refractivity contribution in [2.45, 2.75) is 4.90 Å². The second-order valence-corrected chi connectivity index (χ2v) is 4.28. The van der Waals surface area contributed by atoms with Crippen molar-refractivity contribution in [2.75, 3.05) is 0 Å². The van der Waals surface area contributed by atoms with Gasteiger partial charge in [-0.1, -0.05) is 36.4 Å². The van der Waals surface area contributed by atoms with Gasteiger partial charge in [0.2, 0.25) is 0 Å². The van der Waals surface area contributed by atoms with E-state index in [1.165, 1.54) is 6.07 Å². The molecule has 0 bridgehead atoms. The minimum atomic E-state index is -4.38. The molecule has 2 aromatic rings. The Balaban J connectivity index is 0.00000112. The molecule has 0 aliphatic heterocycles. The molecule has 4 nitrogen and oxygen atoms in total. The topological polar surface area (TPSA) is 88.7 Å². The summed E-state index contributed by atoms with van der Waals surface area (Å²) in [5.41, 5.74) is 0. The Morgan fingerprint density at radius 2 is 1.50 bits per heavy atom. The van der Waals surface area contributed by atoms with Crippen LogP contribution in [-0.4, -0.2) is 18.4 Å². The Hall–Kier alpha value is -0.430. The van der Waals surface area contributed by atoms with Crippen LogP contribution >= 0.6 is 0 Å². The van der Waals surface area contributed by atoms with E-state index in [2.05, 4.69) is 0 Å². The van der Waals surface area contributed by atoms with E-state index in [-0.39, 0.29) is 39.9 Å². The summed E-state index contributed by atoms with van der Waals surface area (Å²) in [6.07, 6.45) is 0. The maximum absolute atomic E-state index is 10.9. The second-order valence-electron chi connectivity index (χ2n) is 2.93. The largest absolute Gasteiger partial charge is 1.00 e. The Morgan fingerprint density at radius 1 is 0.938 bits per heavy atom. The fourth-order valence-electron chi connectivity index (χ4n) is 1.41. The van der Waals surface area contributed by atoms with Crippen molar-refractivity contribution in [2.24, 2.45) is 0 Å². The Morgan fingerprint density at radius 3 is 2.12 bits per heavy atom. The van der Waals surface area contributed by atoms with Gasteiger partial charge in [0.15, 0.2) is 0 Å². The zero-order valence-electron chi connectivity index (χ0n) is 8.67. The molecule has 6 heteroatoms. The van der Waals surface area contributed by atoms with Crippen molar-refractivity contribution in [1.29, 1.82) is 0 Å². The normalized spacial score (nSPS) is 10.3. The van der Waals surface area contributed by atoms with E-state index in [1.807, 2.05) is 0 Å². The molecule has 0 fully saturated rings. The van der Waals surface area contributed by atoms with E-state index in [1.54, 1.807) is 36.4 Å². The van der Waals surface area contributed by atoms with Crippen molar-refractivity contribution < 1.29 is 48.0 Å². The zero-order valence-corrected chi connectivity index (χ0v) is 11.5. The quantitative estimate of drug-likeness (QED) is 0.428. The molecule has 0 aromatic heterocycles. The predicted octanol–water partition coefficient (Wildman–Crippen LogP) is -2.08. The average molecular weight is 248 g/mol. The molecular formula is C10H9NaO4S. The molecule has 2 aromatic carbocycles. The average Bonchev–Trinajstić information content (AvgIpc) is 2.15. The first kappa shape index (κ1) is 15.6. The zero-order chi connectivity index (χ0) is 10.2. The van der Waals surface area contributed by atoms with Crippen LogP contribution in [0.15, 0.2) is 47.4 Å².